The molecule has 21 heavy (non-hydrogen) atoms. The topological polar surface area (TPSA) is 84.3 Å². The van der Waals surface area contributed by atoms with Crippen LogP contribution in [0.2, 0.25) is 0 Å². The molecular weight excluding hydrogens is 277 g/mol. The predicted octanol–water partition coefficient (Wildman–Crippen LogP) is 2.62. The first-order valence-corrected chi connectivity index (χ1v) is 5.86. The Morgan fingerprint density at radius 3 is 2.33 bits per heavy atom. The summed E-state index contributed by atoms with van der Waals surface area (Å²) in [6.07, 6.45) is 1.43. The lowest BCUT2D eigenvalue weighted by molar-refractivity contribution is -0.191. The minimum absolute atomic E-state index is 0.197. The number of hydrogen-bond donors (Lipinski definition) is 1. The third-order valence-corrected chi connectivity index (χ3v) is 2.76. The van der Waals surface area contributed by atoms with Gasteiger partial charge in [0.25, 0.3) is 0 Å². The maximum Gasteiger partial charge on any atom is 0.373 e. The second kappa shape index (κ2) is 7.07. The minimum atomic E-state index is -0.990. The largest absolute Gasteiger partial charge is 0.478 e. The molecule has 0 radical (unpaired) electrons. The van der Waals surface area contributed by atoms with Gasteiger partial charge < -0.3 is 5.11 Å². The Bertz CT molecular complexity index is 707. The number of pyridine rings is 1. The number of aromatic nitrogens is 1. The zero-order chi connectivity index (χ0) is 16.0. The maximum absolute atomic E-state index is 13.7. The van der Waals surface area contributed by atoms with Crippen molar-refractivity contribution in [3.63, 3.8) is 0 Å². The van der Waals surface area contributed by atoms with Crippen molar-refractivity contribution in [2.45, 2.75) is 13.8 Å². The number of rotatable bonds is 2. The van der Waals surface area contributed by atoms with E-state index in [4.69, 9.17) is 14.7 Å². The Kier molecular flexibility index (Phi) is 5.46. The van der Waals surface area contributed by atoms with Crippen molar-refractivity contribution in [1.29, 1.82) is 0 Å². The molecule has 0 amide bonds. The lowest BCUT2D eigenvalue weighted by Gasteiger charge is -2.08. The normalized spacial score (nSPS) is 9.29. The van der Waals surface area contributed by atoms with E-state index < -0.39 is 11.8 Å². The highest BCUT2D eigenvalue weighted by Crippen LogP contribution is 2.27. The Morgan fingerprint density at radius 2 is 1.81 bits per heavy atom. The molecular formula is C15H12FNO4. The van der Waals surface area contributed by atoms with Crippen molar-refractivity contribution in [3.8, 4) is 11.1 Å². The summed E-state index contributed by atoms with van der Waals surface area (Å²) in [7, 11) is 0. The Morgan fingerprint density at radius 1 is 1.19 bits per heavy atom. The molecule has 0 spiro atoms. The smallest absolute Gasteiger partial charge is 0.373 e. The Hall–Kier alpha value is -2.85. The number of carboxylic acid groups (broad SMARTS) is 1. The molecule has 6 heteroatoms. The number of nitrogens with zero attached hydrogens (tertiary/aromatic N) is 1. The van der Waals surface area contributed by atoms with Gasteiger partial charge in [-0.3, -0.25) is 4.98 Å². The maximum atomic E-state index is 13.7. The summed E-state index contributed by atoms with van der Waals surface area (Å²) < 4.78 is 13.7. The van der Waals surface area contributed by atoms with Crippen molar-refractivity contribution in [2.75, 3.05) is 0 Å². The lowest BCUT2D eigenvalue weighted by atomic mass is 9.98. The first kappa shape index (κ1) is 16.2. The van der Waals surface area contributed by atoms with Crippen LogP contribution < -0.4 is 0 Å². The quantitative estimate of drug-likeness (QED) is 0.918. The van der Waals surface area contributed by atoms with Crippen molar-refractivity contribution in [3.05, 3.63) is 53.1 Å². The summed E-state index contributed by atoms with van der Waals surface area (Å²) >= 11 is 0. The van der Waals surface area contributed by atoms with E-state index in [1.54, 1.807) is 26.0 Å². The molecule has 0 aliphatic rings. The monoisotopic (exact) mass is 289 g/mol. The molecule has 1 heterocycles. The van der Waals surface area contributed by atoms with Crippen LogP contribution in [0.3, 0.4) is 0 Å². The van der Waals surface area contributed by atoms with E-state index in [9.17, 15) is 9.18 Å². The van der Waals surface area contributed by atoms with Gasteiger partial charge in [0.2, 0.25) is 0 Å². The molecule has 108 valence electrons. The van der Waals surface area contributed by atoms with Crippen LogP contribution in [0.1, 0.15) is 21.6 Å². The standard InChI is InChI=1S/C14H12FNO2.CO2/c1-8-5-10(14(17)18)3-4-11(8)12-6-9(2)16-7-13(12)15;2-1-3/h3-7H,1-2H3,(H,17,18);. The SMILES string of the molecule is Cc1cc(-c2ccc(C(=O)O)cc2C)c(F)cn1.O=C=O. The summed E-state index contributed by atoms with van der Waals surface area (Å²) in [5.41, 5.74) is 2.76. The van der Waals surface area contributed by atoms with Crippen LogP contribution in [0.25, 0.3) is 11.1 Å². The average molecular weight is 289 g/mol. The molecule has 0 saturated carbocycles. The molecule has 0 aliphatic heterocycles. The van der Waals surface area contributed by atoms with Crippen LogP contribution in [0.4, 0.5) is 4.39 Å². The number of carboxylic acids is 1. The summed E-state index contributed by atoms with van der Waals surface area (Å²) in [6.45, 7) is 3.54. The van der Waals surface area contributed by atoms with Crippen LogP contribution in [0, 0.1) is 19.7 Å². The second-order valence-corrected chi connectivity index (χ2v) is 4.22. The van der Waals surface area contributed by atoms with E-state index in [0.29, 0.717) is 16.8 Å². The molecule has 0 bridgehead atoms. The Balaban J connectivity index is 0.000000677. The van der Waals surface area contributed by atoms with E-state index in [1.807, 2.05) is 0 Å². The fourth-order valence-corrected chi connectivity index (χ4v) is 1.85. The zero-order valence-electron chi connectivity index (χ0n) is 11.4. The van der Waals surface area contributed by atoms with Gasteiger partial charge in [-0.15, -0.1) is 0 Å². The van der Waals surface area contributed by atoms with Gasteiger partial charge in [-0.25, -0.2) is 9.18 Å². The number of benzene rings is 1. The summed E-state index contributed by atoms with van der Waals surface area (Å²) in [4.78, 5) is 31.0. The molecule has 1 aromatic carbocycles. The van der Waals surface area contributed by atoms with Crippen LogP contribution in [-0.4, -0.2) is 22.2 Å². The lowest BCUT2D eigenvalue weighted by Crippen LogP contribution is -1.98. The number of hydrogen-bond acceptors (Lipinski definition) is 4. The average Bonchev–Trinajstić information content (AvgIpc) is 2.42. The van der Waals surface area contributed by atoms with E-state index in [0.717, 1.165) is 5.56 Å². The molecule has 0 fully saturated rings. The highest BCUT2D eigenvalue weighted by atomic mass is 19.1. The summed E-state index contributed by atoms with van der Waals surface area (Å²) in [5.74, 6) is -1.40. The van der Waals surface area contributed by atoms with Crippen molar-refractivity contribution in [2.24, 2.45) is 0 Å². The number of carbonyl (C=O) groups is 1. The highest BCUT2D eigenvalue weighted by molar-refractivity contribution is 5.89. The van der Waals surface area contributed by atoms with Crippen LogP contribution in [0.5, 0.6) is 0 Å². The van der Waals surface area contributed by atoms with Crippen LogP contribution >= 0.6 is 0 Å². The molecule has 0 unspecified atom stereocenters. The molecule has 0 atom stereocenters. The van der Waals surface area contributed by atoms with E-state index in [1.165, 1.54) is 18.3 Å². The van der Waals surface area contributed by atoms with Gasteiger partial charge in [0.1, 0.15) is 5.82 Å². The third-order valence-electron chi connectivity index (χ3n) is 2.76. The summed E-state index contributed by atoms with van der Waals surface area (Å²) in [6, 6.07) is 6.28. The van der Waals surface area contributed by atoms with Gasteiger partial charge in [0, 0.05) is 11.3 Å². The second-order valence-electron chi connectivity index (χ2n) is 4.22. The first-order valence-electron chi connectivity index (χ1n) is 5.86. The summed E-state index contributed by atoms with van der Waals surface area (Å²) in [5, 5.41) is 8.89. The minimum Gasteiger partial charge on any atom is -0.478 e. The fourth-order valence-electron chi connectivity index (χ4n) is 1.85. The van der Waals surface area contributed by atoms with Crippen molar-refractivity contribution in [1.82, 2.24) is 4.98 Å². The first-order chi connectivity index (χ1) is 9.90. The highest BCUT2D eigenvalue weighted by Gasteiger charge is 2.11. The molecule has 0 saturated heterocycles. The van der Waals surface area contributed by atoms with E-state index in [-0.39, 0.29) is 11.7 Å². The van der Waals surface area contributed by atoms with Gasteiger partial charge in [-0.1, -0.05) is 6.07 Å². The zero-order valence-corrected chi connectivity index (χ0v) is 11.4. The van der Waals surface area contributed by atoms with E-state index in [2.05, 4.69) is 4.98 Å². The number of carbonyl (C=O) groups excluding carboxylic acids is 2. The fraction of sp³-hybridized carbons (Fsp3) is 0.133. The predicted molar refractivity (Wildman–Crippen MR) is 71.1 cm³/mol. The molecule has 2 aromatic rings. The van der Waals surface area contributed by atoms with Gasteiger partial charge in [-0.2, -0.15) is 9.59 Å². The molecule has 2 rings (SSSR count). The third kappa shape index (κ3) is 4.06. The number of halogens is 1. The molecule has 0 aliphatic carbocycles. The van der Waals surface area contributed by atoms with Gasteiger partial charge in [-0.05, 0) is 43.2 Å². The van der Waals surface area contributed by atoms with E-state index >= 15 is 0 Å². The van der Waals surface area contributed by atoms with Gasteiger partial charge in [0.05, 0.1) is 11.8 Å². The molecule has 1 aromatic heterocycles. The number of aromatic carboxylic acids is 1. The molecule has 1 N–H and O–H groups in total. The van der Waals surface area contributed by atoms with Crippen LogP contribution in [-0.2, 0) is 9.59 Å². The van der Waals surface area contributed by atoms with Gasteiger partial charge >= 0.3 is 12.1 Å². The number of aryl methyl sites for hydroxylation is 2. The van der Waals surface area contributed by atoms with Crippen LogP contribution in [0.15, 0.2) is 30.5 Å². The van der Waals surface area contributed by atoms with Crippen molar-refractivity contribution >= 4 is 12.1 Å². The van der Waals surface area contributed by atoms with Crippen molar-refractivity contribution < 1.29 is 23.9 Å². The molecule has 5 nitrogen and oxygen atoms in total. The van der Waals surface area contributed by atoms with Gasteiger partial charge in [0.15, 0.2) is 0 Å². The Labute approximate surface area is 120 Å².